The normalized spacial score (nSPS) is 10.9. The van der Waals surface area contributed by atoms with E-state index in [-0.39, 0.29) is 0 Å². The molecule has 1 rings (SSSR count). The van der Waals surface area contributed by atoms with E-state index in [0.717, 1.165) is 11.5 Å². The largest absolute Gasteiger partial charge is 0.489 e. The van der Waals surface area contributed by atoms with Gasteiger partial charge in [-0.1, -0.05) is 24.6 Å². The van der Waals surface area contributed by atoms with E-state index in [1.54, 1.807) is 6.08 Å². The van der Waals surface area contributed by atoms with E-state index in [1.165, 1.54) is 22.4 Å². The molecule has 0 fully saturated rings. The minimum absolute atomic E-state index is 0.518. The Morgan fingerprint density at radius 3 is 2.94 bits per heavy atom. The van der Waals surface area contributed by atoms with Crippen molar-refractivity contribution < 1.29 is 4.74 Å². The second-order valence-corrected chi connectivity index (χ2v) is 4.84. The van der Waals surface area contributed by atoms with E-state index in [0.29, 0.717) is 6.61 Å². The maximum atomic E-state index is 5.54. The third-order valence-corrected chi connectivity index (χ3v) is 3.60. The Hall–Kier alpha value is -0.600. The van der Waals surface area contributed by atoms with Crippen LogP contribution in [0.15, 0.2) is 34.7 Å². The van der Waals surface area contributed by atoms with Crippen LogP contribution in [-0.2, 0) is 0 Å². The van der Waals surface area contributed by atoms with Gasteiger partial charge in [-0.2, -0.15) is 0 Å². The van der Waals surface area contributed by atoms with Crippen molar-refractivity contribution in [2.75, 3.05) is 12.4 Å². The maximum absolute atomic E-state index is 5.54. The van der Waals surface area contributed by atoms with E-state index in [2.05, 4.69) is 26.0 Å². The molecule has 0 saturated carbocycles. The summed E-state index contributed by atoms with van der Waals surface area (Å²) in [6.45, 7) is 4.83. The zero-order valence-electron chi connectivity index (χ0n) is 9.70. The third-order valence-electron chi connectivity index (χ3n) is 2.06. The van der Waals surface area contributed by atoms with Gasteiger partial charge in [-0.3, -0.25) is 0 Å². The molecule has 0 spiro atoms. The summed E-state index contributed by atoms with van der Waals surface area (Å²) in [6, 6.07) is 6.18. The van der Waals surface area contributed by atoms with Gasteiger partial charge in [0.2, 0.25) is 0 Å². The number of rotatable bonds is 6. The van der Waals surface area contributed by atoms with E-state index in [1.807, 2.05) is 17.8 Å². The van der Waals surface area contributed by atoms with Crippen LogP contribution in [0.4, 0.5) is 0 Å². The van der Waals surface area contributed by atoms with Crippen molar-refractivity contribution in [1.29, 1.82) is 0 Å². The quantitative estimate of drug-likeness (QED) is 0.687. The van der Waals surface area contributed by atoms with E-state index in [9.17, 15) is 0 Å². The van der Waals surface area contributed by atoms with Gasteiger partial charge in [0.15, 0.2) is 0 Å². The van der Waals surface area contributed by atoms with Gasteiger partial charge in [-0.05, 0) is 42.9 Å². The van der Waals surface area contributed by atoms with Crippen molar-refractivity contribution >= 4 is 23.4 Å². The molecule has 88 valence electrons. The van der Waals surface area contributed by atoms with Gasteiger partial charge in [-0.25, -0.2) is 0 Å². The maximum Gasteiger partial charge on any atom is 0.120 e. The molecule has 1 aromatic carbocycles. The van der Waals surface area contributed by atoms with Crippen LogP contribution in [0.1, 0.15) is 18.9 Å². The highest BCUT2D eigenvalue weighted by Gasteiger charge is 2.01. The lowest BCUT2D eigenvalue weighted by molar-refractivity contribution is 0.362. The average Bonchev–Trinajstić information content (AvgIpc) is 2.30. The Balaban J connectivity index is 2.65. The Bertz CT molecular complexity index is 350. The number of hydrogen-bond donors (Lipinski definition) is 0. The first-order chi connectivity index (χ1) is 7.77. The van der Waals surface area contributed by atoms with Crippen LogP contribution in [0.2, 0.25) is 0 Å². The fraction of sp³-hybridized carbons (Fsp3) is 0.385. The number of aryl methyl sites for hydroxylation is 1. The van der Waals surface area contributed by atoms with Gasteiger partial charge in [-0.15, -0.1) is 11.8 Å². The molecule has 0 bridgehead atoms. The molecule has 1 aromatic rings. The molecule has 0 aliphatic carbocycles. The predicted molar refractivity (Wildman–Crippen MR) is 72.7 cm³/mol. The van der Waals surface area contributed by atoms with Gasteiger partial charge in [0, 0.05) is 10.4 Å². The van der Waals surface area contributed by atoms with Gasteiger partial charge in [0.25, 0.3) is 0 Å². The summed E-state index contributed by atoms with van der Waals surface area (Å²) in [5, 5.41) is 0. The van der Waals surface area contributed by atoms with Gasteiger partial charge < -0.3 is 4.74 Å². The zero-order valence-corrected chi connectivity index (χ0v) is 11.3. The molecule has 1 nitrogen and oxygen atoms in total. The summed E-state index contributed by atoms with van der Waals surface area (Å²) in [5.41, 5.74) is 2.78. The number of benzene rings is 1. The van der Waals surface area contributed by atoms with Crippen molar-refractivity contribution in [3.05, 3.63) is 35.4 Å². The molecule has 3 heteroatoms. The van der Waals surface area contributed by atoms with Gasteiger partial charge in [0.1, 0.15) is 12.4 Å². The second kappa shape index (κ2) is 7.64. The van der Waals surface area contributed by atoms with Crippen LogP contribution < -0.4 is 4.74 Å². The van der Waals surface area contributed by atoms with Crippen molar-refractivity contribution in [3.63, 3.8) is 0 Å². The monoisotopic (exact) mass is 256 g/mol. The van der Waals surface area contributed by atoms with E-state index < -0.39 is 0 Å². The average molecular weight is 257 g/mol. The summed E-state index contributed by atoms with van der Waals surface area (Å²) in [6.07, 6.45) is 2.96. The lowest BCUT2D eigenvalue weighted by atomic mass is 10.2. The lowest BCUT2D eigenvalue weighted by Crippen LogP contribution is -1.93. The second-order valence-electron chi connectivity index (χ2n) is 3.45. The molecule has 0 aromatic heterocycles. The first-order valence-corrected chi connectivity index (χ1v) is 6.81. The highest BCUT2D eigenvalue weighted by atomic mass is 35.5. The zero-order chi connectivity index (χ0) is 11.8. The Kier molecular flexibility index (Phi) is 6.43. The predicted octanol–water partition coefficient (Wildman–Crippen LogP) is 4.63. The fourth-order valence-corrected chi connectivity index (χ4v) is 2.21. The van der Waals surface area contributed by atoms with Crippen LogP contribution in [-0.4, -0.2) is 12.4 Å². The number of ether oxygens (including phenoxy) is 1. The summed E-state index contributed by atoms with van der Waals surface area (Å²) in [7, 11) is 0. The molecule has 0 amide bonds. The first kappa shape index (κ1) is 13.5. The van der Waals surface area contributed by atoms with Crippen LogP contribution in [0.25, 0.3) is 0 Å². The Labute approximate surface area is 107 Å². The smallest absolute Gasteiger partial charge is 0.120 e. The SMILES string of the molecule is CCCSc1cc(OCC=CCl)ccc1C. The molecule has 0 aliphatic rings. The highest BCUT2D eigenvalue weighted by molar-refractivity contribution is 7.99. The van der Waals surface area contributed by atoms with Crippen LogP contribution in [0.5, 0.6) is 5.75 Å². The molecule has 0 radical (unpaired) electrons. The van der Waals surface area contributed by atoms with E-state index >= 15 is 0 Å². The number of halogens is 1. The van der Waals surface area contributed by atoms with Gasteiger partial charge in [0.05, 0.1) is 0 Å². The molecule has 0 N–H and O–H groups in total. The Morgan fingerprint density at radius 2 is 2.25 bits per heavy atom. The van der Waals surface area contributed by atoms with Crippen LogP contribution >= 0.6 is 23.4 Å². The molecule has 0 saturated heterocycles. The summed E-state index contributed by atoms with van der Waals surface area (Å²) >= 11 is 7.30. The van der Waals surface area contributed by atoms with Crippen molar-refractivity contribution in [1.82, 2.24) is 0 Å². The molecule has 0 unspecified atom stereocenters. The number of thioether (sulfide) groups is 1. The van der Waals surface area contributed by atoms with Crippen molar-refractivity contribution in [2.45, 2.75) is 25.2 Å². The van der Waals surface area contributed by atoms with Crippen LogP contribution in [0.3, 0.4) is 0 Å². The number of hydrogen-bond acceptors (Lipinski definition) is 2. The summed E-state index contributed by atoms with van der Waals surface area (Å²) < 4.78 is 5.54. The van der Waals surface area contributed by atoms with Gasteiger partial charge >= 0.3 is 0 Å². The first-order valence-electron chi connectivity index (χ1n) is 5.39. The molecule has 0 atom stereocenters. The van der Waals surface area contributed by atoms with Crippen molar-refractivity contribution in [2.24, 2.45) is 0 Å². The fourth-order valence-electron chi connectivity index (χ4n) is 1.22. The topological polar surface area (TPSA) is 9.23 Å². The lowest BCUT2D eigenvalue weighted by Gasteiger charge is -2.08. The summed E-state index contributed by atoms with van der Waals surface area (Å²) in [5.74, 6) is 2.05. The van der Waals surface area contributed by atoms with Crippen LogP contribution in [0, 0.1) is 6.92 Å². The van der Waals surface area contributed by atoms with E-state index in [4.69, 9.17) is 16.3 Å². The standard InChI is InChI=1S/C13H17ClOS/c1-3-9-16-13-10-12(6-5-11(13)2)15-8-4-7-14/h4-7,10H,3,8-9H2,1-2H3. The molecular formula is C13H17ClOS. The summed E-state index contributed by atoms with van der Waals surface area (Å²) in [4.78, 5) is 1.30. The minimum Gasteiger partial charge on any atom is -0.489 e. The molecule has 0 aliphatic heterocycles. The highest BCUT2D eigenvalue weighted by Crippen LogP contribution is 2.27. The van der Waals surface area contributed by atoms with Crippen molar-refractivity contribution in [3.8, 4) is 5.75 Å². The minimum atomic E-state index is 0.518. The molecular weight excluding hydrogens is 240 g/mol. The Morgan fingerprint density at radius 1 is 1.44 bits per heavy atom. The molecule has 16 heavy (non-hydrogen) atoms. The third kappa shape index (κ3) is 4.50. The molecule has 0 heterocycles.